The van der Waals surface area contributed by atoms with Crippen molar-refractivity contribution in [3.8, 4) is 0 Å². The number of Topliss-reactive ketones (excluding diaryl/α,β-unsaturated/α-hetero) is 1. The smallest absolute Gasteiger partial charge is 0.324 e. The van der Waals surface area contributed by atoms with Gasteiger partial charge in [-0.25, -0.2) is 0 Å². The number of rotatable bonds is 6. The molecule has 146 valence electrons. The fourth-order valence-electron chi connectivity index (χ4n) is 4.64. The molecule has 2 aromatic carbocycles. The maximum absolute atomic E-state index is 13.7. The van der Waals surface area contributed by atoms with Crippen molar-refractivity contribution in [2.75, 3.05) is 14.2 Å². The number of ketones is 1. The van der Waals surface area contributed by atoms with Gasteiger partial charge in [-0.3, -0.25) is 14.4 Å². The van der Waals surface area contributed by atoms with E-state index in [0.717, 1.165) is 11.1 Å². The zero-order chi connectivity index (χ0) is 20.5. The highest BCUT2D eigenvalue weighted by molar-refractivity contribution is 6.18. The lowest BCUT2D eigenvalue weighted by Crippen LogP contribution is -2.37. The Morgan fingerprint density at radius 1 is 0.893 bits per heavy atom. The van der Waals surface area contributed by atoms with Crippen LogP contribution in [0.15, 0.2) is 54.6 Å². The monoisotopic (exact) mass is 380 g/mol. The van der Waals surface area contributed by atoms with Crippen LogP contribution in [0.3, 0.4) is 0 Å². The molecule has 2 atom stereocenters. The Morgan fingerprint density at radius 2 is 1.43 bits per heavy atom. The van der Waals surface area contributed by atoms with Gasteiger partial charge in [-0.1, -0.05) is 67.1 Å². The van der Waals surface area contributed by atoms with E-state index in [4.69, 9.17) is 9.47 Å². The van der Waals surface area contributed by atoms with Crippen LogP contribution in [0.5, 0.6) is 0 Å². The third-order valence-corrected chi connectivity index (χ3v) is 5.97. The molecular weight excluding hydrogens is 356 g/mol. The molecule has 1 aliphatic rings. The van der Waals surface area contributed by atoms with E-state index in [-0.39, 0.29) is 5.78 Å². The number of carbonyl (C=O) groups excluding carboxylic acids is 3. The van der Waals surface area contributed by atoms with Gasteiger partial charge in [0, 0.05) is 11.5 Å². The van der Waals surface area contributed by atoms with Gasteiger partial charge in [0.25, 0.3) is 0 Å². The Balaban J connectivity index is 2.25. The molecule has 0 N–H and O–H groups in total. The third kappa shape index (κ3) is 2.49. The number of aryl methyl sites for hydroxylation is 1. The first-order valence-electron chi connectivity index (χ1n) is 9.25. The van der Waals surface area contributed by atoms with E-state index in [1.807, 2.05) is 56.3 Å². The van der Waals surface area contributed by atoms with Gasteiger partial charge in [-0.15, -0.1) is 0 Å². The molecule has 0 radical (unpaired) electrons. The average Bonchev–Trinajstić information content (AvgIpc) is 3.38. The summed E-state index contributed by atoms with van der Waals surface area (Å²) in [7, 11) is 2.45. The number of ether oxygens (including phenoxy) is 2. The van der Waals surface area contributed by atoms with E-state index in [2.05, 4.69) is 0 Å². The van der Waals surface area contributed by atoms with Gasteiger partial charge in [-0.2, -0.15) is 0 Å². The lowest BCUT2D eigenvalue weighted by Gasteiger charge is -2.20. The molecule has 0 aromatic heterocycles. The van der Waals surface area contributed by atoms with Crippen LogP contribution >= 0.6 is 0 Å². The van der Waals surface area contributed by atoms with E-state index in [1.54, 1.807) is 12.1 Å². The maximum Gasteiger partial charge on any atom is 0.324 e. The van der Waals surface area contributed by atoms with Crippen LogP contribution in [-0.2, 0) is 19.1 Å². The topological polar surface area (TPSA) is 69.7 Å². The molecule has 0 heterocycles. The molecule has 1 aliphatic carbocycles. The number of hydrogen-bond acceptors (Lipinski definition) is 5. The van der Waals surface area contributed by atoms with E-state index >= 15 is 0 Å². The summed E-state index contributed by atoms with van der Waals surface area (Å²) >= 11 is 0. The minimum absolute atomic E-state index is 0.250. The second kappa shape index (κ2) is 7.23. The minimum Gasteiger partial charge on any atom is -0.468 e. The molecule has 1 saturated carbocycles. The molecule has 28 heavy (non-hydrogen) atoms. The first-order chi connectivity index (χ1) is 13.4. The highest BCUT2D eigenvalue weighted by atomic mass is 16.5. The van der Waals surface area contributed by atoms with Crippen molar-refractivity contribution in [3.63, 3.8) is 0 Å². The van der Waals surface area contributed by atoms with Crippen LogP contribution in [0.1, 0.15) is 40.7 Å². The van der Waals surface area contributed by atoms with E-state index < -0.39 is 28.7 Å². The summed E-state index contributed by atoms with van der Waals surface area (Å²) in [6, 6.07) is 16.3. The number of methoxy groups -OCH3 is 2. The van der Waals surface area contributed by atoms with Crippen LogP contribution in [0.2, 0.25) is 0 Å². The second-order valence-electron chi connectivity index (χ2n) is 7.15. The molecule has 5 nitrogen and oxygen atoms in total. The van der Waals surface area contributed by atoms with Gasteiger partial charge in [0.05, 0.1) is 19.6 Å². The highest BCUT2D eigenvalue weighted by Crippen LogP contribution is 2.77. The molecule has 0 unspecified atom stereocenters. The summed E-state index contributed by atoms with van der Waals surface area (Å²) in [6.07, 6.45) is 0.295. The first kappa shape index (κ1) is 19.8. The molecule has 0 spiro atoms. The number of carbonyl (C=O) groups is 3. The molecular formula is C23H24O5. The molecule has 2 aromatic rings. The summed E-state index contributed by atoms with van der Waals surface area (Å²) in [6.45, 7) is 3.75. The summed E-state index contributed by atoms with van der Waals surface area (Å²) in [4.78, 5) is 39.6. The van der Waals surface area contributed by atoms with Gasteiger partial charge in [0.1, 0.15) is 0 Å². The molecule has 5 heteroatoms. The van der Waals surface area contributed by atoms with Gasteiger partial charge < -0.3 is 9.47 Å². The average molecular weight is 380 g/mol. The number of hydrogen-bond donors (Lipinski definition) is 0. The van der Waals surface area contributed by atoms with Crippen LogP contribution in [0.25, 0.3) is 0 Å². The van der Waals surface area contributed by atoms with Crippen molar-refractivity contribution in [3.05, 3.63) is 71.3 Å². The van der Waals surface area contributed by atoms with Crippen molar-refractivity contribution in [1.82, 2.24) is 0 Å². The molecule has 3 rings (SSSR count). The Hall–Kier alpha value is -2.95. The Bertz CT molecular complexity index is 884. The van der Waals surface area contributed by atoms with Gasteiger partial charge >= 0.3 is 11.9 Å². The molecule has 1 fully saturated rings. The lowest BCUT2D eigenvalue weighted by molar-refractivity contribution is -0.163. The largest absolute Gasteiger partial charge is 0.468 e. The fraction of sp³-hybridized carbons (Fsp3) is 0.348. The standard InChI is InChI=1S/C23H24O5/c1-5-22(19(24)17-13-11-15(2)12-14-17)18(16-9-7-6-8-10-16)23(22,20(25)27-3)21(26)28-4/h6-14,18H,5H2,1-4H3/t18-,22+/m1/s1. The van der Waals surface area contributed by atoms with Crippen LogP contribution in [0, 0.1) is 17.8 Å². The van der Waals surface area contributed by atoms with Crippen LogP contribution in [0.4, 0.5) is 0 Å². The van der Waals surface area contributed by atoms with Crippen molar-refractivity contribution in [2.45, 2.75) is 26.2 Å². The summed E-state index contributed by atoms with van der Waals surface area (Å²) in [5.41, 5.74) is -0.744. The first-order valence-corrected chi connectivity index (χ1v) is 9.25. The molecule has 0 saturated heterocycles. The van der Waals surface area contributed by atoms with Crippen molar-refractivity contribution < 1.29 is 23.9 Å². The Morgan fingerprint density at radius 3 is 1.89 bits per heavy atom. The van der Waals surface area contributed by atoms with E-state index in [0.29, 0.717) is 12.0 Å². The lowest BCUT2D eigenvalue weighted by atomic mass is 9.82. The van der Waals surface area contributed by atoms with Crippen LogP contribution in [-0.4, -0.2) is 31.9 Å². The number of benzene rings is 2. The zero-order valence-electron chi connectivity index (χ0n) is 16.5. The molecule has 0 bridgehead atoms. The maximum atomic E-state index is 13.7. The normalized spacial score (nSPS) is 22.2. The quantitative estimate of drug-likeness (QED) is 0.434. The van der Waals surface area contributed by atoms with Gasteiger partial charge in [0.2, 0.25) is 0 Å². The third-order valence-electron chi connectivity index (χ3n) is 5.97. The highest BCUT2D eigenvalue weighted by Gasteiger charge is 2.88. The van der Waals surface area contributed by atoms with Crippen molar-refractivity contribution in [1.29, 1.82) is 0 Å². The van der Waals surface area contributed by atoms with Crippen LogP contribution < -0.4 is 0 Å². The fourth-order valence-corrected chi connectivity index (χ4v) is 4.64. The minimum atomic E-state index is -1.70. The Labute approximate surface area is 164 Å². The molecule has 0 aliphatic heterocycles. The van der Waals surface area contributed by atoms with Crippen molar-refractivity contribution >= 4 is 17.7 Å². The summed E-state index contributed by atoms with van der Waals surface area (Å²) < 4.78 is 10.0. The zero-order valence-corrected chi connectivity index (χ0v) is 16.5. The SMILES string of the molecule is CC[C@@]1(C(=O)c2ccc(C)cc2)[C@@H](c2ccccc2)C1(C(=O)OC)C(=O)OC. The number of esters is 2. The summed E-state index contributed by atoms with van der Waals surface area (Å²) in [5, 5.41) is 0. The molecule has 0 amide bonds. The second-order valence-corrected chi connectivity index (χ2v) is 7.15. The van der Waals surface area contributed by atoms with Gasteiger partial charge in [-0.05, 0) is 18.9 Å². The van der Waals surface area contributed by atoms with Gasteiger partial charge in [0.15, 0.2) is 11.2 Å². The summed E-state index contributed by atoms with van der Waals surface area (Å²) in [5.74, 6) is -2.38. The predicted molar refractivity (Wildman–Crippen MR) is 104 cm³/mol. The van der Waals surface area contributed by atoms with E-state index in [1.165, 1.54) is 14.2 Å². The van der Waals surface area contributed by atoms with E-state index in [9.17, 15) is 14.4 Å². The Kier molecular flexibility index (Phi) is 5.11. The predicted octanol–water partition coefficient (Wildman–Crippen LogP) is 3.70. The van der Waals surface area contributed by atoms with Crippen molar-refractivity contribution in [2.24, 2.45) is 10.8 Å².